The van der Waals surface area contributed by atoms with Crippen molar-refractivity contribution in [3.8, 4) is 11.5 Å². The lowest BCUT2D eigenvalue weighted by molar-refractivity contribution is -0.384. The van der Waals surface area contributed by atoms with Gasteiger partial charge in [0, 0.05) is 31.3 Å². The molecule has 0 radical (unpaired) electrons. The molecule has 0 aliphatic rings. The van der Waals surface area contributed by atoms with Crippen molar-refractivity contribution in [3.63, 3.8) is 0 Å². The van der Waals surface area contributed by atoms with Gasteiger partial charge in [0.05, 0.1) is 24.0 Å². The van der Waals surface area contributed by atoms with Crippen LogP contribution in [0.15, 0.2) is 41.3 Å². The summed E-state index contributed by atoms with van der Waals surface area (Å²) in [5.41, 5.74) is 0.144. The molecule has 140 valence electrons. The highest BCUT2D eigenvalue weighted by Crippen LogP contribution is 2.30. The Balaban J connectivity index is 2.36. The summed E-state index contributed by atoms with van der Waals surface area (Å²) in [6, 6.07) is 8.38. The average molecular weight is 401 g/mol. The first-order chi connectivity index (χ1) is 12.2. The first kappa shape index (κ1) is 20.0. The molecule has 0 atom stereocenters. The number of hydrogen-bond acceptors (Lipinski definition) is 6. The van der Waals surface area contributed by atoms with E-state index >= 15 is 0 Å². The van der Waals surface area contributed by atoms with Gasteiger partial charge in [-0.3, -0.25) is 10.1 Å². The third-order valence-corrected chi connectivity index (χ3v) is 5.83. The van der Waals surface area contributed by atoms with Crippen LogP contribution in [0.2, 0.25) is 5.02 Å². The highest BCUT2D eigenvalue weighted by atomic mass is 35.5. The number of methoxy groups -OCH3 is 2. The molecule has 8 nitrogen and oxygen atoms in total. The van der Waals surface area contributed by atoms with E-state index in [-0.39, 0.29) is 16.5 Å². The SMILES string of the molecule is COc1ccc(CN(C)S(=O)(=O)c2ccc(Cl)c([N+](=O)[O-])c2)c(OC)c1. The third-order valence-electron chi connectivity index (χ3n) is 3.71. The lowest BCUT2D eigenvalue weighted by atomic mass is 10.2. The molecular weight excluding hydrogens is 384 g/mol. The van der Waals surface area contributed by atoms with Crippen LogP contribution in [0.1, 0.15) is 5.56 Å². The summed E-state index contributed by atoms with van der Waals surface area (Å²) in [5, 5.41) is 10.9. The maximum absolute atomic E-state index is 12.7. The van der Waals surface area contributed by atoms with Crippen LogP contribution in [-0.2, 0) is 16.6 Å². The molecule has 0 aliphatic heterocycles. The van der Waals surface area contributed by atoms with Gasteiger partial charge in [0.25, 0.3) is 5.69 Å². The molecule has 0 saturated carbocycles. The van der Waals surface area contributed by atoms with E-state index in [1.54, 1.807) is 18.2 Å². The van der Waals surface area contributed by atoms with E-state index in [1.807, 2.05) is 0 Å². The van der Waals surface area contributed by atoms with Crippen LogP contribution < -0.4 is 9.47 Å². The number of nitro groups is 1. The molecule has 0 N–H and O–H groups in total. The van der Waals surface area contributed by atoms with E-state index in [4.69, 9.17) is 21.1 Å². The predicted octanol–water partition coefficient (Wildman–Crippen LogP) is 3.09. The van der Waals surface area contributed by atoms with Gasteiger partial charge in [-0.05, 0) is 18.2 Å². The second kappa shape index (κ2) is 7.90. The number of sulfonamides is 1. The fourth-order valence-corrected chi connectivity index (χ4v) is 3.64. The lowest BCUT2D eigenvalue weighted by Crippen LogP contribution is -2.26. The number of benzene rings is 2. The molecule has 2 aromatic carbocycles. The molecule has 10 heteroatoms. The summed E-state index contributed by atoms with van der Waals surface area (Å²) < 4.78 is 36.9. The lowest BCUT2D eigenvalue weighted by Gasteiger charge is -2.19. The van der Waals surface area contributed by atoms with Gasteiger partial charge >= 0.3 is 0 Å². The molecule has 0 heterocycles. The monoisotopic (exact) mass is 400 g/mol. The number of nitrogens with zero attached hydrogens (tertiary/aromatic N) is 2. The summed E-state index contributed by atoms with van der Waals surface area (Å²) in [6.07, 6.45) is 0. The van der Waals surface area contributed by atoms with Gasteiger partial charge in [0.2, 0.25) is 10.0 Å². The molecule has 0 aliphatic carbocycles. The van der Waals surface area contributed by atoms with Crippen molar-refractivity contribution in [2.75, 3.05) is 21.3 Å². The molecule has 0 saturated heterocycles. The number of ether oxygens (including phenoxy) is 2. The number of nitro benzene ring substituents is 1. The number of hydrogen-bond donors (Lipinski definition) is 0. The molecule has 0 amide bonds. The highest BCUT2D eigenvalue weighted by molar-refractivity contribution is 7.89. The van der Waals surface area contributed by atoms with E-state index in [0.717, 1.165) is 10.4 Å². The van der Waals surface area contributed by atoms with E-state index < -0.39 is 20.6 Å². The smallest absolute Gasteiger partial charge is 0.289 e. The summed E-state index contributed by atoms with van der Waals surface area (Å²) in [4.78, 5) is 10.0. The maximum Gasteiger partial charge on any atom is 0.289 e. The molecule has 0 bridgehead atoms. The van der Waals surface area contributed by atoms with Crippen LogP contribution in [0.25, 0.3) is 0 Å². The Kier molecular flexibility index (Phi) is 6.06. The Bertz CT molecular complexity index is 932. The number of rotatable bonds is 7. The minimum Gasteiger partial charge on any atom is -0.497 e. The molecule has 2 aromatic rings. The van der Waals surface area contributed by atoms with Crippen LogP contribution in [0, 0.1) is 10.1 Å². The largest absolute Gasteiger partial charge is 0.497 e. The van der Waals surface area contributed by atoms with Gasteiger partial charge in [-0.15, -0.1) is 0 Å². The molecule has 0 fully saturated rings. The molecule has 0 unspecified atom stereocenters. The summed E-state index contributed by atoms with van der Waals surface area (Å²) in [5.74, 6) is 1.04. The molecular formula is C16H17ClN2O6S. The minimum absolute atomic E-state index is 0.00588. The Labute approximate surface area is 156 Å². The van der Waals surface area contributed by atoms with E-state index in [1.165, 1.54) is 33.4 Å². The Morgan fingerprint density at radius 2 is 1.85 bits per heavy atom. The van der Waals surface area contributed by atoms with E-state index in [2.05, 4.69) is 0 Å². The summed E-state index contributed by atoms with van der Waals surface area (Å²) >= 11 is 5.74. The third kappa shape index (κ3) is 4.06. The molecule has 0 aromatic heterocycles. The fourth-order valence-electron chi connectivity index (χ4n) is 2.28. The normalized spacial score (nSPS) is 11.4. The Morgan fingerprint density at radius 1 is 1.15 bits per heavy atom. The van der Waals surface area contributed by atoms with Gasteiger partial charge in [-0.25, -0.2) is 8.42 Å². The first-order valence-electron chi connectivity index (χ1n) is 7.32. The van der Waals surface area contributed by atoms with Gasteiger partial charge in [0.15, 0.2) is 0 Å². The fraction of sp³-hybridized carbons (Fsp3) is 0.250. The average Bonchev–Trinajstić information content (AvgIpc) is 2.61. The van der Waals surface area contributed by atoms with Crippen LogP contribution in [-0.4, -0.2) is 38.9 Å². The second-order valence-electron chi connectivity index (χ2n) is 5.31. The Hall–Kier alpha value is -2.36. The molecule has 0 spiro atoms. The zero-order chi connectivity index (χ0) is 19.5. The minimum atomic E-state index is -3.97. The first-order valence-corrected chi connectivity index (χ1v) is 9.13. The summed E-state index contributed by atoms with van der Waals surface area (Å²) in [7, 11) is 0.387. The van der Waals surface area contributed by atoms with E-state index in [9.17, 15) is 18.5 Å². The van der Waals surface area contributed by atoms with Crippen LogP contribution in [0.4, 0.5) is 5.69 Å². The van der Waals surface area contributed by atoms with Gasteiger partial charge in [0.1, 0.15) is 16.5 Å². The predicted molar refractivity (Wildman–Crippen MR) is 96.3 cm³/mol. The zero-order valence-electron chi connectivity index (χ0n) is 14.3. The number of halogens is 1. The van der Waals surface area contributed by atoms with Crippen LogP contribution in [0.3, 0.4) is 0 Å². The van der Waals surface area contributed by atoms with Crippen molar-refractivity contribution in [1.29, 1.82) is 0 Å². The van der Waals surface area contributed by atoms with E-state index in [0.29, 0.717) is 17.1 Å². The Morgan fingerprint density at radius 3 is 2.42 bits per heavy atom. The van der Waals surface area contributed by atoms with Gasteiger partial charge in [-0.1, -0.05) is 17.7 Å². The second-order valence-corrected chi connectivity index (χ2v) is 7.76. The standard InChI is InChI=1S/C16H17ClN2O6S/c1-18(10-11-4-5-12(24-2)8-16(11)25-3)26(22,23)13-6-7-14(17)15(9-13)19(20)21/h4-9H,10H2,1-3H3. The zero-order valence-corrected chi connectivity index (χ0v) is 15.9. The van der Waals surface area contributed by atoms with Crippen molar-refractivity contribution < 1.29 is 22.8 Å². The molecule has 2 rings (SSSR count). The van der Waals surface area contributed by atoms with Crippen LogP contribution >= 0.6 is 11.6 Å². The van der Waals surface area contributed by atoms with Crippen molar-refractivity contribution in [1.82, 2.24) is 4.31 Å². The molecule has 26 heavy (non-hydrogen) atoms. The van der Waals surface area contributed by atoms with Gasteiger partial charge in [-0.2, -0.15) is 4.31 Å². The van der Waals surface area contributed by atoms with Crippen LogP contribution in [0.5, 0.6) is 11.5 Å². The van der Waals surface area contributed by atoms with Crippen molar-refractivity contribution in [2.45, 2.75) is 11.4 Å². The topological polar surface area (TPSA) is 99.0 Å². The van der Waals surface area contributed by atoms with Gasteiger partial charge < -0.3 is 9.47 Å². The van der Waals surface area contributed by atoms with Crippen molar-refractivity contribution in [2.24, 2.45) is 0 Å². The highest BCUT2D eigenvalue weighted by Gasteiger charge is 2.25. The quantitative estimate of drug-likeness (QED) is 0.523. The maximum atomic E-state index is 12.7. The van der Waals surface area contributed by atoms with Crippen molar-refractivity contribution >= 4 is 27.3 Å². The van der Waals surface area contributed by atoms with Crippen molar-refractivity contribution in [3.05, 3.63) is 57.1 Å². The summed E-state index contributed by atoms with van der Waals surface area (Å²) in [6.45, 7) is 0.00588.